The summed E-state index contributed by atoms with van der Waals surface area (Å²) in [7, 11) is -3.52. The number of halogens is 1. The number of sulfonamides is 1. The average Bonchev–Trinajstić information content (AvgIpc) is 2.85. The quantitative estimate of drug-likeness (QED) is 0.915. The van der Waals surface area contributed by atoms with E-state index in [1.54, 1.807) is 6.92 Å². The number of hydrogen-bond donors (Lipinski definition) is 1. The molecule has 1 aliphatic heterocycles. The van der Waals surface area contributed by atoms with Crippen molar-refractivity contribution < 1.29 is 13.2 Å². The van der Waals surface area contributed by atoms with Gasteiger partial charge >= 0.3 is 0 Å². The monoisotopic (exact) mass is 296 g/mol. The number of thiazole rings is 1. The molecule has 1 saturated heterocycles. The van der Waals surface area contributed by atoms with E-state index >= 15 is 0 Å². The van der Waals surface area contributed by atoms with E-state index in [0.717, 1.165) is 24.2 Å². The van der Waals surface area contributed by atoms with Gasteiger partial charge in [-0.3, -0.25) is 0 Å². The van der Waals surface area contributed by atoms with Crippen molar-refractivity contribution in [2.75, 3.05) is 13.2 Å². The van der Waals surface area contributed by atoms with Crippen LogP contribution in [-0.2, 0) is 14.8 Å². The van der Waals surface area contributed by atoms with Gasteiger partial charge in [0.05, 0.1) is 11.8 Å². The Bertz CT molecular complexity index is 494. The molecule has 5 nitrogen and oxygen atoms in total. The molecule has 1 aromatic rings. The summed E-state index contributed by atoms with van der Waals surface area (Å²) >= 11 is 6.66. The highest BCUT2D eigenvalue weighted by molar-refractivity contribution is 7.91. The van der Waals surface area contributed by atoms with Crippen LogP contribution >= 0.6 is 22.9 Å². The topological polar surface area (TPSA) is 68.3 Å². The fraction of sp³-hybridized carbons (Fsp3) is 0.667. The predicted octanol–water partition coefficient (Wildman–Crippen LogP) is 1.56. The van der Waals surface area contributed by atoms with E-state index in [1.165, 1.54) is 0 Å². The van der Waals surface area contributed by atoms with E-state index < -0.39 is 10.0 Å². The number of ether oxygens (including phenoxy) is 1. The molecule has 0 spiro atoms. The van der Waals surface area contributed by atoms with Crippen molar-refractivity contribution in [3.05, 3.63) is 10.2 Å². The molecule has 1 aromatic heterocycles. The van der Waals surface area contributed by atoms with Crippen LogP contribution < -0.4 is 4.72 Å². The summed E-state index contributed by atoms with van der Waals surface area (Å²) in [5, 5.41) is 0. The van der Waals surface area contributed by atoms with Gasteiger partial charge in [-0.25, -0.2) is 18.1 Å². The lowest BCUT2D eigenvalue weighted by atomic mass is 10.2. The van der Waals surface area contributed by atoms with Gasteiger partial charge in [-0.2, -0.15) is 0 Å². The van der Waals surface area contributed by atoms with Gasteiger partial charge in [0.2, 0.25) is 0 Å². The minimum absolute atomic E-state index is 0.0199. The minimum Gasteiger partial charge on any atom is -0.377 e. The third-order valence-corrected chi connectivity index (χ3v) is 5.79. The molecule has 0 aliphatic carbocycles. The van der Waals surface area contributed by atoms with Crippen molar-refractivity contribution in [2.24, 2.45) is 0 Å². The van der Waals surface area contributed by atoms with Crippen LogP contribution in [0.1, 0.15) is 18.5 Å². The van der Waals surface area contributed by atoms with E-state index in [0.29, 0.717) is 18.8 Å². The first-order valence-electron chi connectivity index (χ1n) is 5.23. The van der Waals surface area contributed by atoms with Crippen LogP contribution in [-0.4, -0.2) is 32.7 Å². The zero-order chi connectivity index (χ0) is 12.5. The first kappa shape index (κ1) is 13.2. The molecule has 1 aliphatic rings. The Morgan fingerprint density at radius 3 is 2.94 bits per heavy atom. The second-order valence-corrected chi connectivity index (χ2v) is 7.37. The molecule has 1 N–H and O–H groups in total. The molecule has 0 saturated carbocycles. The van der Waals surface area contributed by atoms with E-state index in [-0.39, 0.29) is 14.8 Å². The Hall–Kier alpha value is -0.210. The van der Waals surface area contributed by atoms with Gasteiger partial charge in [0, 0.05) is 13.2 Å². The summed E-state index contributed by atoms with van der Waals surface area (Å²) in [6, 6.07) is 0. The second kappa shape index (κ2) is 5.19. The molecule has 0 amide bonds. The number of aromatic nitrogens is 1. The van der Waals surface area contributed by atoms with Gasteiger partial charge in [0.25, 0.3) is 10.0 Å². The molecule has 8 heteroatoms. The maximum absolute atomic E-state index is 12.0. The SMILES string of the molecule is Cc1nc(Cl)sc1S(=O)(=O)NCC1CCCO1. The predicted molar refractivity (Wildman–Crippen MR) is 66.0 cm³/mol. The standard InChI is InChI=1S/C9H13ClN2O3S2/c1-6-8(16-9(10)12-6)17(13,14)11-5-7-3-2-4-15-7/h7,11H,2-5H2,1H3. The molecule has 0 bridgehead atoms. The normalized spacial score (nSPS) is 20.9. The van der Waals surface area contributed by atoms with Crippen molar-refractivity contribution in [2.45, 2.75) is 30.1 Å². The smallest absolute Gasteiger partial charge is 0.252 e. The maximum Gasteiger partial charge on any atom is 0.252 e. The summed E-state index contributed by atoms with van der Waals surface area (Å²) in [5.41, 5.74) is 0.430. The molecular formula is C9H13ClN2O3S2. The highest BCUT2D eigenvalue weighted by atomic mass is 35.5. The van der Waals surface area contributed by atoms with Gasteiger partial charge in [0.1, 0.15) is 0 Å². The first-order valence-corrected chi connectivity index (χ1v) is 7.91. The fourth-order valence-corrected chi connectivity index (χ4v) is 4.52. The Balaban J connectivity index is 2.05. The molecule has 0 aromatic carbocycles. The highest BCUT2D eigenvalue weighted by Crippen LogP contribution is 2.26. The van der Waals surface area contributed by atoms with Crippen LogP contribution in [0.4, 0.5) is 0 Å². The van der Waals surface area contributed by atoms with Gasteiger partial charge in [-0.1, -0.05) is 22.9 Å². The van der Waals surface area contributed by atoms with Crippen molar-refractivity contribution in [3.8, 4) is 0 Å². The minimum atomic E-state index is -3.52. The summed E-state index contributed by atoms with van der Waals surface area (Å²) in [5.74, 6) is 0. The zero-order valence-electron chi connectivity index (χ0n) is 9.27. The summed E-state index contributed by atoms with van der Waals surface area (Å²) in [4.78, 5) is 3.89. The number of nitrogens with zero attached hydrogens (tertiary/aromatic N) is 1. The number of nitrogens with one attached hydrogen (secondary N) is 1. The van der Waals surface area contributed by atoms with E-state index in [4.69, 9.17) is 16.3 Å². The molecule has 0 radical (unpaired) electrons. The molecule has 1 atom stereocenters. The third kappa shape index (κ3) is 3.17. The van der Waals surface area contributed by atoms with Gasteiger partial charge in [-0.15, -0.1) is 0 Å². The molecule has 2 rings (SSSR count). The van der Waals surface area contributed by atoms with E-state index in [1.807, 2.05) is 0 Å². The second-order valence-electron chi connectivity index (χ2n) is 3.83. The van der Waals surface area contributed by atoms with Crippen LogP contribution in [0, 0.1) is 6.92 Å². The summed E-state index contributed by atoms with van der Waals surface area (Å²) in [6.07, 6.45) is 1.86. The van der Waals surface area contributed by atoms with Crippen molar-refractivity contribution in [3.63, 3.8) is 0 Å². The van der Waals surface area contributed by atoms with Crippen molar-refractivity contribution in [1.82, 2.24) is 9.71 Å². The molecule has 1 unspecified atom stereocenters. The first-order chi connectivity index (χ1) is 7.99. The number of hydrogen-bond acceptors (Lipinski definition) is 5. The van der Waals surface area contributed by atoms with Crippen LogP contribution in [0.15, 0.2) is 4.21 Å². The van der Waals surface area contributed by atoms with Crippen LogP contribution in [0.2, 0.25) is 4.47 Å². The summed E-state index contributed by atoms with van der Waals surface area (Å²) in [6.45, 7) is 2.64. The highest BCUT2D eigenvalue weighted by Gasteiger charge is 2.24. The molecular weight excluding hydrogens is 284 g/mol. The molecule has 1 fully saturated rings. The maximum atomic E-state index is 12.0. The molecule has 2 heterocycles. The lowest BCUT2D eigenvalue weighted by Gasteiger charge is -2.10. The van der Waals surface area contributed by atoms with Gasteiger partial charge < -0.3 is 4.74 Å². The number of rotatable bonds is 4. The van der Waals surface area contributed by atoms with E-state index in [2.05, 4.69) is 9.71 Å². The zero-order valence-corrected chi connectivity index (χ0v) is 11.7. The number of aryl methyl sites for hydroxylation is 1. The Morgan fingerprint density at radius 1 is 1.65 bits per heavy atom. The molecule has 96 valence electrons. The van der Waals surface area contributed by atoms with Crippen LogP contribution in [0.5, 0.6) is 0 Å². The lowest BCUT2D eigenvalue weighted by Crippen LogP contribution is -2.31. The van der Waals surface area contributed by atoms with Crippen molar-refractivity contribution in [1.29, 1.82) is 0 Å². The average molecular weight is 297 g/mol. The van der Waals surface area contributed by atoms with Crippen molar-refractivity contribution >= 4 is 33.0 Å². The lowest BCUT2D eigenvalue weighted by molar-refractivity contribution is 0.114. The Kier molecular flexibility index (Phi) is 4.04. The Labute approximate surface area is 109 Å². The van der Waals surface area contributed by atoms with Gasteiger partial charge in [-0.05, 0) is 19.8 Å². The van der Waals surface area contributed by atoms with Crippen LogP contribution in [0.3, 0.4) is 0 Å². The molecule has 17 heavy (non-hydrogen) atoms. The Morgan fingerprint density at radius 2 is 2.41 bits per heavy atom. The third-order valence-electron chi connectivity index (χ3n) is 2.50. The van der Waals surface area contributed by atoms with E-state index in [9.17, 15) is 8.42 Å². The summed E-state index contributed by atoms with van der Waals surface area (Å²) < 4.78 is 32.2. The van der Waals surface area contributed by atoms with Crippen LogP contribution in [0.25, 0.3) is 0 Å². The largest absolute Gasteiger partial charge is 0.377 e. The fourth-order valence-electron chi connectivity index (χ4n) is 1.67. The van der Waals surface area contributed by atoms with Gasteiger partial charge in [0.15, 0.2) is 8.68 Å².